The van der Waals surface area contributed by atoms with Gasteiger partial charge in [0.15, 0.2) is 5.96 Å². The van der Waals surface area contributed by atoms with Crippen molar-refractivity contribution < 1.29 is 4.74 Å². The molecule has 20 heavy (non-hydrogen) atoms. The second-order valence-corrected chi connectivity index (χ2v) is 7.03. The standard InChI is InChI=1S/C15H29N3O.HI/c1-5-19-12-10-11(15(12)8-6-7-9-15)17-13(16)18-14(2,3)4;/h11-12H,5-10H2,1-4H3,(H3,16,17,18);1H. The number of ether oxygens (including phenoxy) is 1. The Bertz CT molecular complexity index is 346. The summed E-state index contributed by atoms with van der Waals surface area (Å²) >= 11 is 0. The summed E-state index contributed by atoms with van der Waals surface area (Å²) in [6.07, 6.45) is 6.53. The van der Waals surface area contributed by atoms with Crippen LogP contribution in [0.25, 0.3) is 0 Å². The molecule has 2 aliphatic carbocycles. The minimum Gasteiger partial charge on any atom is -0.378 e. The molecule has 0 saturated heterocycles. The van der Waals surface area contributed by atoms with Crippen LogP contribution in [0.5, 0.6) is 0 Å². The number of hydrogen-bond donors (Lipinski definition) is 2. The van der Waals surface area contributed by atoms with Gasteiger partial charge in [0.1, 0.15) is 0 Å². The van der Waals surface area contributed by atoms with E-state index in [2.05, 4.69) is 33.0 Å². The van der Waals surface area contributed by atoms with Crippen molar-refractivity contribution in [1.29, 1.82) is 0 Å². The lowest BCUT2D eigenvalue weighted by Crippen LogP contribution is -2.57. The van der Waals surface area contributed by atoms with Crippen molar-refractivity contribution in [2.45, 2.75) is 77.5 Å². The van der Waals surface area contributed by atoms with Crippen LogP contribution in [-0.2, 0) is 4.74 Å². The zero-order valence-corrected chi connectivity index (χ0v) is 15.6. The van der Waals surface area contributed by atoms with Crippen molar-refractivity contribution in [3.05, 3.63) is 0 Å². The molecule has 2 aliphatic rings. The maximum atomic E-state index is 6.04. The van der Waals surface area contributed by atoms with Gasteiger partial charge >= 0.3 is 0 Å². The van der Waals surface area contributed by atoms with E-state index in [0.717, 1.165) is 13.0 Å². The second kappa shape index (κ2) is 6.81. The van der Waals surface area contributed by atoms with Crippen molar-refractivity contribution in [3.8, 4) is 0 Å². The third kappa shape index (κ3) is 3.78. The van der Waals surface area contributed by atoms with Crippen LogP contribution in [0.2, 0.25) is 0 Å². The molecule has 0 amide bonds. The Balaban J connectivity index is 0.00000200. The maximum absolute atomic E-state index is 6.04. The average molecular weight is 395 g/mol. The number of nitrogens with zero attached hydrogens (tertiary/aromatic N) is 1. The summed E-state index contributed by atoms with van der Waals surface area (Å²) in [5.41, 5.74) is 6.29. The van der Waals surface area contributed by atoms with Gasteiger partial charge in [-0.15, -0.1) is 24.0 Å². The highest BCUT2D eigenvalue weighted by Crippen LogP contribution is 2.56. The molecular formula is C15H30IN3O. The molecule has 0 aromatic carbocycles. The van der Waals surface area contributed by atoms with Crippen LogP contribution in [0.3, 0.4) is 0 Å². The molecule has 2 atom stereocenters. The van der Waals surface area contributed by atoms with E-state index in [1.54, 1.807) is 0 Å². The summed E-state index contributed by atoms with van der Waals surface area (Å²) in [4.78, 5) is 4.74. The molecule has 0 bridgehead atoms. The number of nitrogens with one attached hydrogen (secondary N) is 1. The number of aliphatic imine (C=N–C) groups is 1. The Morgan fingerprint density at radius 3 is 2.45 bits per heavy atom. The molecule has 5 heteroatoms. The molecule has 0 aromatic heterocycles. The van der Waals surface area contributed by atoms with Crippen LogP contribution in [0, 0.1) is 5.41 Å². The fourth-order valence-corrected chi connectivity index (χ4v) is 3.62. The minimum atomic E-state index is -0.0283. The van der Waals surface area contributed by atoms with Crippen molar-refractivity contribution >= 4 is 29.9 Å². The molecule has 3 N–H and O–H groups in total. The van der Waals surface area contributed by atoms with Gasteiger partial charge in [0, 0.05) is 17.6 Å². The van der Waals surface area contributed by atoms with Gasteiger partial charge < -0.3 is 15.8 Å². The van der Waals surface area contributed by atoms with Crippen LogP contribution in [-0.4, -0.2) is 30.3 Å². The Morgan fingerprint density at radius 1 is 1.35 bits per heavy atom. The third-order valence-corrected chi connectivity index (χ3v) is 4.44. The van der Waals surface area contributed by atoms with Gasteiger partial charge in [-0.1, -0.05) is 12.8 Å². The van der Waals surface area contributed by atoms with Gasteiger partial charge in [0.2, 0.25) is 0 Å². The van der Waals surface area contributed by atoms with Gasteiger partial charge in [-0.05, 0) is 47.0 Å². The van der Waals surface area contributed by atoms with Gasteiger partial charge in [0.25, 0.3) is 0 Å². The van der Waals surface area contributed by atoms with Crippen LogP contribution in [0.15, 0.2) is 4.99 Å². The third-order valence-electron chi connectivity index (χ3n) is 4.44. The van der Waals surface area contributed by atoms with E-state index < -0.39 is 0 Å². The summed E-state index contributed by atoms with van der Waals surface area (Å²) in [5, 5.41) is 3.26. The normalized spacial score (nSPS) is 28.9. The Hall–Kier alpha value is -0.0400. The first kappa shape index (κ1) is 18.0. The number of nitrogens with two attached hydrogens (primary N) is 1. The summed E-state index contributed by atoms with van der Waals surface area (Å²) in [7, 11) is 0. The van der Waals surface area contributed by atoms with Crippen molar-refractivity contribution in [2.24, 2.45) is 16.1 Å². The molecular weight excluding hydrogens is 365 g/mol. The monoisotopic (exact) mass is 395 g/mol. The van der Waals surface area contributed by atoms with E-state index >= 15 is 0 Å². The maximum Gasteiger partial charge on any atom is 0.189 e. The fraction of sp³-hybridized carbons (Fsp3) is 0.933. The Morgan fingerprint density at radius 2 is 1.95 bits per heavy atom. The van der Waals surface area contributed by atoms with Crippen LogP contribution in [0.4, 0.5) is 0 Å². The molecule has 4 nitrogen and oxygen atoms in total. The highest BCUT2D eigenvalue weighted by Gasteiger charge is 2.56. The molecule has 118 valence electrons. The molecule has 1 spiro atoms. The Labute approximate surface area is 140 Å². The summed E-state index contributed by atoms with van der Waals surface area (Å²) in [6, 6.07) is 0.349. The first-order valence-electron chi connectivity index (χ1n) is 7.60. The minimum absolute atomic E-state index is 0. The number of guanidine groups is 1. The predicted octanol–water partition coefficient (Wildman–Crippen LogP) is 3.05. The van der Waals surface area contributed by atoms with E-state index in [4.69, 9.17) is 15.5 Å². The molecule has 2 fully saturated rings. The van der Waals surface area contributed by atoms with Crippen LogP contribution < -0.4 is 11.1 Å². The first-order valence-corrected chi connectivity index (χ1v) is 7.60. The first-order chi connectivity index (χ1) is 8.87. The largest absolute Gasteiger partial charge is 0.378 e. The SMILES string of the molecule is CCOC1CC(N=C(N)NC(C)(C)C)C12CCCC2.I. The topological polar surface area (TPSA) is 59.6 Å². The summed E-state index contributed by atoms with van der Waals surface area (Å²) < 4.78 is 5.90. The summed E-state index contributed by atoms with van der Waals surface area (Å²) in [6.45, 7) is 9.19. The van der Waals surface area contributed by atoms with Crippen molar-refractivity contribution in [1.82, 2.24) is 5.32 Å². The molecule has 2 saturated carbocycles. The van der Waals surface area contributed by atoms with E-state index in [1.807, 2.05) is 0 Å². The molecule has 2 unspecified atom stereocenters. The van der Waals surface area contributed by atoms with E-state index in [0.29, 0.717) is 18.1 Å². The van der Waals surface area contributed by atoms with Gasteiger partial charge in [-0.25, -0.2) is 4.99 Å². The van der Waals surface area contributed by atoms with E-state index in [1.165, 1.54) is 25.7 Å². The highest BCUT2D eigenvalue weighted by atomic mass is 127. The molecule has 0 radical (unpaired) electrons. The zero-order valence-electron chi connectivity index (χ0n) is 13.2. The lowest BCUT2D eigenvalue weighted by Gasteiger charge is -2.52. The highest BCUT2D eigenvalue weighted by molar-refractivity contribution is 14.0. The lowest BCUT2D eigenvalue weighted by atomic mass is 9.61. The quantitative estimate of drug-likeness (QED) is 0.439. The number of hydrogen-bond acceptors (Lipinski definition) is 2. The zero-order chi connectivity index (χ0) is 14.1. The van der Waals surface area contributed by atoms with Crippen molar-refractivity contribution in [2.75, 3.05) is 6.61 Å². The lowest BCUT2D eigenvalue weighted by molar-refractivity contribution is -0.119. The molecule has 2 rings (SSSR count). The van der Waals surface area contributed by atoms with Gasteiger partial charge in [-0.3, -0.25) is 0 Å². The fourth-order valence-electron chi connectivity index (χ4n) is 3.62. The predicted molar refractivity (Wildman–Crippen MR) is 94.6 cm³/mol. The van der Waals surface area contributed by atoms with E-state index in [9.17, 15) is 0 Å². The number of rotatable bonds is 3. The molecule has 0 heterocycles. The van der Waals surface area contributed by atoms with E-state index in [-0.39, 0.29) is 34.9 Å². The number of halogens is 1. The Kier molecular flexibility index (Phi) is 6.14. The summed E-state index contributed by atoms with van der Waals surface area (Å²) in [5.74, 6) is 0.582. The van der Waals surface area contributed by atoms with Crippen LogP contribution in [0.1, 0.15) is 59.8 Å². The van der Waals surface area contributed by atoms with Gasteiger partial charge in [0.05, 0.1) is 12.1 Å². The van der Waals surface area contributed by atoms with Crippen molar-refractivity contribution in [3.63, 3.8) is 0 Å². The molecule has 0 aromatic rings. The second-order valence-electron chi connectivity index (χ2n) is 7.03. The molecule has 0 aliphatic heterocycles. The smallest absolute Gasteiger partial charge is 0.189 e. The van der Waals surface area contributed by atoms with Gasteiger partial charge in [-0.2, -0.15) is 0 Å². The van der Waals surface area contributed by atoms with Crippen LogP contribution >= 0.6 is 24.0 Å². The average Bonchev–Trinajstić information content (AvgIpc) is 2.77.